The molecule has 0 aliphatic carbocycles. The van der Waals surface area contributed by atoms with Crippen molar-refractivity contribution in [2.75, 3.05) is 13.2 Å². The van der Waals surface area contributed by atoms with Crippen molar-refractivity contribution in [1.29, 1.82) is 0 Å². The molecule has 1 heterocycles. The molecule has 1 aliphatic rings. The normalized spacial score (nSPS) is 19.1. The molecule has 80 valence electrons. The summed E-state index contributed by atoms with van der Waals surface area (Å²) in [6, 6.07) is 4.67. The lowest BCUT2D eigenvalue weighted by atomic mass is 9.93. The van der Waals surface area contributed by atoms with Crippen molar-refractivity contribution in [3.63, 3.8) is 0 Å². The van der Waals surface area contributed by atoms with Crippen molar-refractivity contribution in [2.45, 2.75) is 12.3 Å². The standard InChI is InChI=1S/C10H12N2O3/c11-6-7-3-4-15-10-2-1-8(12(13)14)5-9(7)10/h1-2,5,7H,3-4,6,11H2. The second-order valence-corrected chi connectivity index (χ2v) is 3.55. The van der Waals surface area contributed by atoms with Gasteiger partial charge in [0.15, 0.2) is 0 Å². The second-order valence-electron chi connectivity index (χ2n) is 3.55. The van der Waals surface area contributed by atoms with E-state index in [2.05, 4.69) is 0 Å². The first-order chi connectivity index (χ1) is 7.22. The van der Waals surface area contributed by atoms with Crippen molar-refractivity contribution < 1.29 is 9.66 Å². The molecule has 0 fully saturated rings. The van der Waals surface area contributed by atoms with Crippen LogP contribution in [0.25, 0.3) is 0 Å². The number of hydrogen-bond donors (Lipinski definition) is 1. The fraction of sp³-hybridized carbons (Fsp3) is 0.400. The molecule has 1 atom stereocenters. The van der Waals surface area contributed by atoms with Gasteiger partial charge in [-0.25, -0.2) is 0 Å². The van der Waals surface area contributed by atoms with Gasteiger partial charge in [-0.2, -0.15) is 0 Å². The summed E-state index contributed by atoms with van der Waals surface area (Å²) in [5.74, 6) is 0.899. The molecule has 0 spiro atoms. The largest absolute Gasteiger partial charge is 0.493 e. The Kier molecular flexibility index (Phi) is 2.55. The van der Waals surface area contributed by atoms with Crippen LogP contribution in [0.2, 0.25) is 0 Å². The predicted molar refractivity (Wildman–Crippen MR) is 55.0 cm³/mol. The molecule has 0 aromatic heterocycles. The molecule has 1 aromatic rings. The Balaban J connectivity index is 2.43. The lowest BCUT2D eigenvalue weighted by Crippen LogP contribution is -2.21. The van der Waals surface area contributed by atoms with Crippen LogP contribution in [-0.4, -0.2) is 18.1 Å². The van der Waals surface area contributed by atoms with Crippen LogP contribution in [0.1, 0.15) is 17.9 Å². The number of ether oxygens (including phenoxy) is 1. The summed E-state index contributed by atoms with van der Waals surface area (Å²) in [6.45, 7) is 1.13. The van der Waals surface area contributed by atoms with Gasteiger partial charge in [0.05, 0.1) is 11.5 Å². The number of nitrogens with two attached hydrogens (primary N) is 1. The zero-order chi connectivity index (χ0) is 10.8. The maximum atomic E-state index is 10.6. The van der Waals surface area contributed by atoms with Crippen LogP contribution >= 0.6 is 0 Å². The Morgan fingerprint density at radius 3 is 3.07 bits per heavy atom. The maximum absolute atomic E-state index is 10.6. The van der Waals surface area contributed by atoms with Crippen molar-refractivity contribution >= 4 is 5.69 Å². The molecule has 0 saturated heterocycles. The summed E-state index contributed by atoms with van der Waals surface area (Å²) < 4.78 is 5.41. The average molecular weight is 208 g/mol. The zero-order valence-electron chi connectivity index (χ0n) is 8.18. The predicted octanol–water partition coefficient (Wildman–Crippen LogP) is 1.42. The first-order valence-electron chi connectivity index (χ1n) is 4.83. The van der Waals surface area contributed by atoms with Crippen LogP contribution < -0.4 is 10.5 Å². The van der Waals surface area contributed by atoms with Gasteiger partial charge < -0.3 is 10.5 Å². The molecule has 0 radical (unpaired) electrons. The van der Waals surface area contributed by atoms with E-state index in [0.717, 1.165) is 17.7 Å². The van der Waals surface area contributed by atoms with Gasteiger partial charge >= 0.3 is 0 Å². The highest BCUT2D eigenvalue weighted by Crippen LogP contribution is 2.35. The lowest BCUT2D eigenvalue weighted by Gasteiger charge is -2.24. The number of rotatable bonds is 2. The molecular formula is C10H12N2O3. The summed E-state index contributed by atoms with van der Waals surface area (Å²) in [4.78, 5) is 10.2. The molecule has 2 N–H and O–H groups in total. The first-order valence-corrected chi connectivity index (χ1v) is 4.83. The highest BCUT2D eigenvalue weighted by molar-refractivity contribution is 5.46. The van der Waals surface area contributed by atoms with Gasteiger partial charge in [-0.3, -0.25) is 10.1 Å². The Morgan fingerprint density at radius 1 is 1.60 bits per heavy atom. The third kappa shape index (κ3) is 1.78. The second kappa shape index (κ2) is 3.86. The van der Waals surface area contributed by atoms with Crippen molar-refractivity contribution in [3.8, 4) is 5.75 Å². The summed E-state index contributed by atoms with van der Waals surface area (Å²) in [6.07, 6.45) is 0.824. The van der Waals surface area contributed by atoms with E-state index in [1.165, 1.54) is 6.07 Å². The quantitative estimate of drug-likeness (QED) is 0.588. The number of nitro groups is 1. The Hall–Kier alpha value is -1.62. The van der Waals surface area contributed by atoms with Crippen LogP contribution in [0.4, 0.5) is 5.69 Å². The molecule has 5 heteroatoms. The SMILES string of the molecule is NCC1CCOc2ccc([N+](=O)[O-])cc21. The number of nitro benzene ring substituents is 1. The van der Waals surface area contributed by atoms with E-state index in [-0.39, 0.29) is 11.6 Å². The summed E-state index contributed by atoms with van der Waals surface area (Å²) in [5.41, 5.74) is 6.57. The number of benzene rings is 1. The zero-order valence-corrected chi connectivity index (χ0v) is 8.18. The van der Waals surface area contributed by atoms with E-state index < -0.39 is 4.92 Å². The van der Waals surface area contributed by atoms with E-state index in [0.29, 0.717) is 13.2 Å². The van der Waals surface area contributed by atoms with Gasteiger partial charge in [-0.1, -0.05) is 0 Å². The average Bonchev–Trinajstić information content (AvgIpc) is 2.27. The third-order valence-electron chi connectivity index (χ3n) is 2.65. The molecule has 0 saturated carbocycles. The molecule has 15 heavy (non-hydrogen) atoms. The van der Waals surface area contributed by atoms with Gasteiger partial charge in [-0.15, -0.1) is 0 Å². The number of fused-ring (bicyclic) bond motifs is 1. The minimum Gasteiger partial charge on any atom is -0.493 e. The molecule has 1 aliphatic heterocycles. The minimum atomic E-state index is -0.400. The Morgan fingerprint density at radius 2 is 2.40 bits per heavy atom. The van der Waals surface area contributed by atoms with E-state index in [1.807, 2.05) is 0 Å². The topological polar surface area (TPSA) is 78.4 Å². The Labute approximate surface area is 87.0 Å². The van der Waals surface area contributed by atoms with Crippen LogP contribution in [0, 0.1) is 10.1 Å². The molecule has 2 rings (SSSR count). The van der Waals surface area contributed by atoms with E-state index in [4.69, 9.17) is 10.5 Å². The van der Waals surface area contributed by atoms with Crippen molar-refractivity contribution in [2.24, 2.45) is 5.73 Å². The number of hydrogen-bond acceptors (Lipinski definition) is 4. The molecule has 1 unspecified atom stereocenters. The van der Waals surface area contributed by atoms with Crippen molar-refractivity contribution in [1.82, 2.24) is 0 Å². The van der Waals surface area contributed by atoms with Crippen LogP contribution in [0.15, 0.2) is 18.2 Å². The Bertz CT molecular complexity index is 392. The van der Waals surface area contributed by atoms with Gasteiger partial charge in [-0.05, 0) is 19.0 Å². The smallest absolute Gasteiger partial charge is 0.269 e. The van der Waals surface area contributed by atoms with Gasteiger partial charge in [0.25, 0.3) is 5.69 Å². The summed E-state index contributed by atoms with van der Waals surface area (Å²) >= 11 is 0. The van der Waals surface area contributed by atoms with E-state index >= 15 is 0 Å². The lowest BCUT2D eigenvalue weighted by molar-refractivity contribution is -0.385. The van der Waals surface area contributed by atoms with Gasteiger partial charge in [0.1, 0.15) is 5.75 Å². The molecule has 0 bridgehead atoms. The maximum Gasteiger partial charge on any atom is 0.269 e. The highest BCUT2D eigenvalue weighted by atomic mass is 16.6. The fourth-order valence-electron chi connectivity index (χ4n) is 1.81. The third-order valence-corrected chi connectivity index (χ3v) is 2.65. The minimum absolute atomic E-state index is 0.0951. The van der Waals surface area contributed by atoms with Gasteiger partial charge in [0.2, 0.25) is 0 Å². The van der Waals surface area contributed by atoms with Crippen LogP contribution in [0.3, 0.4) is 0 Å². The van der Waals surface area contributed by atoms with E-state index in [1.54, 1.807) is 12.1 Å². The van der Waals surface area contributed by atoms with Crippen molar-refractivity contribution in [3.05, 3.63) is 33.9 Å². The summed E-state index contributed by atoms with van der Waals surface area (Å²) in [7, 11) is 0. The van der Waals surface area contributed by atoms with Crippen LogP contribution in [-0.2, 0) is 0 Å². The number of non-ortho nitro benzene ring substituents is 1. The summed E-state index contributed by atoms with van der Waals surface area (Å²) in [5, 5.41) is 10.6. The highest BCUT2D eigenvalue weighted by Gasteiger charge is 2.22. The van der Waals surface area contributed by atoms with E-state index in [9.17, 15) is 10.1 Å². The number of nitrogens with zero attached hydrogens (tertiary/aromatic N) is 1. The van der Waals surface area contributed by atoms with Crippen LogP contribution in [0.5, 0.6) is 5.75 Å². The molecule has 5 nitrogen and oxygen atoms in total. The molecular weight excluding hydrogens is 196 g/mol. The molecule has 0 amide bonds. The fourth-order valence-corrected chi connectivity index (χ4v) is 1.81. The monoisotopic (exact) mass is 208 g/mol. The van der Waals surface area contributed by atoms with Gasteiger partial charge in [0, 0.05) is 23.6 Å². The first kappa shape index (κ1) is 9.92. The molecule has 1 aromatic carbocycles.